The number of nitrogens with zero attached hydrogens (tertiary/aromatic N) is 4. The molecule has 0 radical (unpaired) electrons. The van der Waals surface area contributed by atoms with Gasteiger partial charge < -0.3 is 10.6 Å². The first-order chi connectivity index (χ1) is 14.1. The largest absolute Gasteiger partial charge is 0.357 e. The monoisotopic (exact) mass is 518 g/mol. The Labute approximate surface area is 196 Å². The van der Waals surface area contributed by atoms with Crippen molar-refractivity contribution in [1.29, 1.82) is 0 Å². The van der Waals surface area contributed by atoms with Crippen LogP contribution in [0.2, 0.25) is 0 Å². The lowest BCUT2D eigenvalue weighted by atomic mass is 9.99. The van der Waals surface area contributed by atoms with E-state index >= 15 is 0 Å². The molecule has 0 bridgehead atoms. The normalized spacial score (nSPS) is 12.2. The SMILES string of the molecule is CCNC(=NCc1ccc(-n2ccnc2C)nc1)NCC(C)c1cccc(C)c1.I. The molecule has 0 aliphatic heterocycles. The summed E-state index contributed by atoms with van der Waals surface area (Å²) in [4.78, 5) is 13.5. The van der Waals surface area contributed by atoms with Gasteiger partial charge in [0, 0.05) is 31.7 Å². The first-order valence-electron chi connectivity index (χ1n) is 10.1. The summed E-state index contributed by atoms with van der Waals surface area (Å²) in [5.41, 5.74) is 3.69. The van der Waals surface area contributed by atoms with Crippen LogP contribution in [0.25, 0.3) is 5.82 Å². The number of rotatable bonds is 7. The third kappa shape index (κ3) is 6.55. The molecule has 2 aromatic heterocycles. The van der Waals surface area contributed by atoms with E-state index < -0.39 is 0 Å². The third-order valence-electron chi connectivity index (χ3n) is 4.83. The second-order valence-corrected chi connectivity index (χ2v) is 7.26. The summed E-state index contributed by atoms with van der Waals surface area (Å²) in [6.07, 6.45) is 5.57. The highest BCUT2D eigenvalue weighted by molar-refractivity contribution is 14.0. The van der Waals surface area contributed by atoms with Gasteiger partial charge in [0.2, 0.25) is 0 Å². The number of benzene rings is 1. The highest BCUT2D eigenvalue weighted by atomic mass is 127. The average Bonchev–Trinajstić information content (AvgIpc) is 3.16. The maximum Gasteiger partial charge on any atom is 0.191 e. The van der Waals surface area contributed by atoms with Crippen LogP contribution in [-0.2, 0) is 6.54 Å². The molecular formula is C23H31IN6. The molecule has 3 aromatic rings. The van der Waals surface area contributed by atoms with E-state index in [0.717, 1.165) is 36.3 Å². The molecule has 1 aromatic carbocycles. The van der Waals surface area contributed by atoms with Gasteiger partial charge in [-0.05, 0) is 43.9 Å². The summed E-state index contributed by atoms with van der Waals surface area (Å²) < 4.78 is 1.96. The molecule has 0 aliphatic rings. The summed E-state index contributed by atoms with van der Waals surface area (Å²) in [7, 11) is 0. The van der Waals surface area contributed by atoms with Gasteiger partial charge in [-0.25, -0.2) is 15.0 Å². The zero-order valence-electron chi connectivity index (χ0n) is 18.1. The van der Waals surface area contributed by atoms with Crippen LogP contribution in [0.3, 0.4) is 0 Å². The van der Waals surface area contributed by atoms with Crippen molar-refractivity contribution in [3.05, 3.63) is 77.5 Å². The molecule has 30 heavy (non-hydrogen) atoms. The molecule has 0 saturated heterocycles. The number of pyridine rings is 1. The summed E-state index contributed by atoms with van der Waals surface area (Å²) in [6.45, 7) is 10.6. The number of hydrogen-bond acceptors (Lipinski definition) is 3. The fourth-order valence-electron chi connectivity index (χ4n) is 3.13. The minimum Gasteiger partial charge on any atom is -0.357 e. The number of guanidine groups is 1. The molecular weight excluding hydrogens is 487 g/mol. The number of aryl methyl sites for hydroxylation is 2. The standard InChI is InChI=1S/C23H30N6.HI/c1-5-24-23(27-14-18(3)21-8-6-7-17(2)13-21)28-16-20-9-10-22(26-15-20)29-12-11-25-19(29)4;/h6-13,15,18H,5,14,16H2,1-4H3,(H2,24,27,28);1H. The Morgan fingerprint density at radius 3 is 2.60 bits per heavy atom. The third-order valence-corrected chi connectivity index (χ3v) is 4.83. The Hall–Kier alpha value is -2.42. The molecule has 0 amide bonds. The first kappa shape index (κ1) is 23.9. The van der Waals surface area contributed by atoms with Gasteiger partial charge in [-0.2, -0.15) is 0 Å². The van der Waals surface area contributed by atoms with Gasteiger partial charge in [0.05, 0.1) is 6.54 Å². The van der Waals surface area contributed by atoms with Crippen molar-refractivity contribution in [1.82, 2.24) is 25.2 Å². The lowest BCUT2D eigenvalue weighted by Crippen LogP contribution is -2.39. The smallest absolute Gasteiger partial charge is 0.191 e. The molecule has 3 rings (SSSR count). The highest BCUT2D eigenvalue weighted by Gasteiger charge is 2.07. The van der Waals surface area contributed by atoms with E-state index in [2.05, 4.69) is 71.7 Å². The summed E-state index contributed by atoms with van der Waals surface area (Å²) in [6, 6.07) is 12.7. The molecule has 6 nitrogen and oxygen atoms in total. The van der Waals surface area contributed by atoms with Crippen molar-refractivity contribution in [2.24, 2.45) is 4.99 Å². The van der Waals surface area contributed by atoms with Crippen molar-refractivity contribution in [2.75, 3.05) is 13.1 Å². The minimum absolute atomic E-state index is 0. The fraction of sp³-hybridized carbons (Fsp3) is 0.348. The molecule has 160 valence electrons. The number of hydrogen-bond donors (Lipinski definition) is 2. The number of aromatic nitrogens is 3. The molecule has 0 aliphatic carbocycles. The first-order valence-corrected chi connectivity index (χ1v) is 10.1. The lowest BCUT2D eigenvalue weighted by molar-refractivity contribution is 0.699. The van der Waals surface area contributed by atoms with Crippen molar-refractivity contribution in [3.63, 3.8) is 0 Å². The predicted molar refractivity (Wildman–Crippen MR) is 134 cm³/mol. The molecule has 0 fully saturated rings. The number of imidazole rings is 1. The maximum atomic E-state index is 4.71. The maximum absolute atomic E-state index is 4.71. The molecule has 1 atom stereocenters. The molecule has 7 heteroatoms. The van der Waals surface area contributed by atoms with Crippen LogP contribution >= 0.6 is 24.0 Å². The van der Waals surface area contributed by atoms with Crippen LogP contribution in [-0.4, -0.2) is 33.6 Å². The Balaban J connectivity index is 0.00000320. The Bertz CT molecular complexity index is 948. The van der Waals surface area contributed by atoms with E-state index in [-0.39, 0.29) is 24.0 Å². The number of halogens is 1. The van der Waals surface area contributed by atoms with Gasteiger partial charge in [-0.3, -0.25) is 4.57 Å². The predicted octanol–water partition coefficient (Wildman–Crippen LogP) is 4.36. The van der Waals surface area contributed by atoms with E-state index in [1.165, 1.54) is 11.1 Å². The summed E-state index contributed by atoms with van der Waals surface area (Å²) in [5.74, 6) is 3.01. The van der Waals surface area contributed by atoms with Crippen LogP contribution in [0.4, 0.5) is 0 Å². The van der Waals surface area contributed by atoms with E-state index in [1.54, 1.807) is 6.20 Å². The van der Waals surface area contributed by atoms with Crippen molar-refractivity contribution in [3.8, 4) is 5.82 Å². The van der Waals surface area contributed by atoms with E-state index in [9.17, 15) is 0 Å². The van der Waals surface area contributed by atoms with Crippen LogP contribution < -0.4 is 10.6 Å². The van der Waals surface area contributed by atoms with Crippen LogP contribution in [0, 0.1) is 13.8 Å². The fourth-order valence-corrected chi connectivity index (χ4v) is 3.13. The van der Waals surface area contributed by atoms with E-state index in [4.69, 9.17) is 4.99 Å². The van der Waals surface area contributed by atoms with E-state index in [0.29, 0.717) is 12.5 Å². The molecule has 0 saturated carbocycles. The van der Waals surface area contributed by atoms with Crippen LogP contribution in [0.15, 0.2) is 60.0 Å². The van der Waals surface area contributed by atoms with Gasteiger partial charge in [0.25, 0.3) is 0 Å². The molecule has 1 unspecified atom stereocenters. The molecule has 0 spiro atoms. The molecule has 2 heterocycles. The van der Waals surface area contributed by atoms with Gasteiger partial charge in [0.1, 0.15) is 11.6 Å². The zero-order chi connectivity index (χ0) is 20.6. The average molecular weight is 518 g/mol. The van der Waals surface area contributed by atoms with Crippen LogP contribution in [0.1, 0.15) is 42.3 Å². The van der Waals surface area contributed by atoms with Crippen molar-refractivity contribution in [2.45, 2.75) is 40.2 Å². The number of nitrogens with one attached hydrogen (secondary N) is 2. The quantitative estimate of drug-likeness (QED) is 0.277. The second kappa shape index (κ2) is 11.7. The van der Waals surface area contributed by atoms with Gasteiger partial charge in [-0.15, -0.1) is 24.0 Å². The number of aliphatic imine (C=N–C) groups is 1. The summed E-state index contributed by atoms with van der Waals surface area (Å²) in [5, 5.41) is 6.77. The molecule has 2 N–H and O–H groups in total. The highest BCUT2D eigenvalue weighted by Crippen LogP contribution is 2.15. The van der Waals surface area contributed by atoms with Crippen LogP contribution in [0.5, 0.6) is 0 Å². The summed E-state index contributed by atoms with van der Waals surface area (Å²) >= 11 is 0. The second-order valence-electron chi connectivity index (χ2n) is 7.26. The zero-order valence-corrected chi connectivity index (χ0v) is 20.4. The Morgan fingerprint density at radius 2 is 1.97 bits per heavy atom. The van der Waals surface area contributed by atoms with Crippen molar-refractivity contribution < 1.29 is 0 Å². The topological polar surface area (TPSA) is 67.1 Å². The minimum atomic E-state index is 0. The Morgan fingerprint density at radius 1 is 1.13 bits per heavy atom. The lowest BCUT2D eigenvalue weighted by Gasteiger charge is -2.16. The van der Waals surface area contributed by atoms with Crippen molar-refractivity contribution >= 4 is 29.9 Å². The Kier molecular flexibility index (Phi) is 9.29. The van der Waals surface area contributed by atoms with Gasteiger partial charge >= 0.3 is 0 Å². The van der Waals surface area contributed by atoms with Gasteiger partial charge in [-0.1, -0.05) is 42.8 Å². The van der Waals surface area contributed by atoms with Gasteiger partial charge in [0.15, 0.2) is 5.96 Å². The van der Waals surface area contributed by atoms with E-state index in [1.807, 2.05) is 30.0 Å².